The van der Waals surface area contributed by atoms with Crippen molar-refractivity contribution in [3.8, 4) is 23.0 Å². The molecule has 0 aromatic carbocycles. The summed E-state index contributed by atoms with van der Waals surface area (Å²) in [7, 11) is 1.96. The van der Waals surface area contributed by atoms with Gasteiger partial charge in [0, 0.05) is 41.2 Å². The van der Waals surface area contributed by atoms with Crippen LogP contribution in [0.3, 0.4) is 0 Å². The van der Waals surface area contributed by atoms with Gasteiger partial charge in [0.1, 0.15) is 11.9 Å². The van der Waals surface area contributed by atoms with E-state index in [2.05, 4.69) is 49.1 Å². The van der Waals surface area contributed by atoms with Gasteiger partial charge in [-0.25, -0.2) is 23.6 Å². The third kappa shape index (κ3) is 3.91. The van der Waals surface area contributed by atoms with Crippen LogP contribution in [0.4, 0.5) is 10.2 Å². The Bertz CT molecular complexity index is 1520. The van der Waals surface area contributed by atoms with E-state index in [-0.39, 0.29) is 6.04 Å². The normalized spacial score (nSPS) is 12.0. The van der Waals surface area contributed by atoms with Crippen molar-refractivity contribution in [2.45, 2.75) is 13.0 Å². The number of rotatable bonds is 5. The second-order valence-corrected chi connectivity index (χ2v) is 8.70. The van der Waals surface area contributed by atoms with E-state index < -0.39 is 5.82 Å². The first-order chi connectivity index (χ1) is 16.4. The highest BCUT2D eigenvalue weighted by molar-refractivity contribution is 9.10. The molecule has 0 saturated carbocycles. The molecule has 5 aromatic heterocycles. The van der Waals surface area contributed by atoms with Crippen molar-refractivity contribution in [2.24, 2.45) is 0 Å². The molecule has 0 N–H and O–H groups in total. The van der Waals surface area contributed by atoms with Gasteiger partial charge in [-0.05, 0) is 52.7 Å². The SMILES string of the molecule is CC(c1ccc(-n2cc(F)cn2)nc1)N(C)c1ccc(-c2cc(Br)cn3ncc(C#N)c23)cn1. The van der Waals surface area contributed by atoms with Crippen LogP contribution in [0.25, 0.3) is 22.5 Å². The molecule has 0 spiro atoms. The summed E-state index contributed by atoms with van der Waals surface area (Å²) in [4.78, 5) is 11.1. The molecule has 0 saturated heterocycles. The maximum absolute atomic E-state index is 13.2. The molecular weight excluding hydrogens is 499 g/mol. The summed E-state index contributed by atoms with van der Waals surface area (Å²) in [6.45, 7) is 2.06. The maximum atomic E-state index is 13.2. The third-order valence-electron chi connectivity index (χ3n) is 5.74. The van der Waals surface area contributed by atoms with Crippen molar-refractivity contribution < 1.29 is 4.39 Å². The molecule has 5 aromatic rings. The monoisotopic (exact) mass is 516 g/mol. The number of nitriles is 1. The molecule has 5 rings (SSSR count). The van der Waals surface area contributed by atoms with E-state index in [1.54, 1.807) is 29.2 Å². The van der Waals surface area contributed by atoms with E-state index in [0.29, 0.717) is 11.4 Å². The minimum absolute atomic E-state index is 0.00754. The van der Waals surface area contributed by atoms with Crippen molar-refractivity contribution in [3.63, 3.8) is 0 Å². The zero-order valence-corrected chi connectivity index (χ0v) is 19.8. The number of hydrogen-bond donors (Lipinski definition) is 0. The fraction of sp³-hybridized carbons (Fsp3) is 0.125. The van der Waals surface area contributed by atoms with Crippen molar-refractivity contribution in [3.05, 3.63) is 88.9 Å². The highest BCUT2D eigenvalue weighted by Gasteiger charge is 2.16. The van der Waals surface area contributed by atoms with Crippen molar-refractivity contribution >= 4 is 27.3 Å². The maximum Gasteiger partial charge on any atom is 0.161 e. The largest absolute Gasteiger partial charge is 0.353 e. The molecular formula is C24H18BrFN8. The number of nitrogens with zero attached hydrogens (tertiary/aromatic N) is 8. The molecule has 5 heterocycles. The molecule has 0 bridgehead atoms. The van der Waals surface area contributed by atoms with Crippen LogP contribution in [0.15, 0.2) is 72.0 Å². The molecule has 0 aliphatic heterocycles. The van der Waals surface area contributed by atoms with Crippen molar-refractivity contribution in [1.29, 1.82) is 5.26 Å². The smallest absolute Gasteiger partial charge is 0.161 e. The number of pyridine rings is 3. The van der Waals surface area contributed by atoms with Gasteiger partial charge in [-0.2, -0.15) is 15.5 Å². The van der Waals surface area contributed by atoms with Crippen LogP contribution in [-0.2, 0) is 0 Å². The summed E-state index contributed by atoms with van der Waals surface area (Å²) in [6, 6.07) is 11.8. The lowest BCUT2D eigenvalue weighted by atomic mass is 10.1. The summed E-state index contributed by atoms with van der Waals surface area (Å²) in [5, 5.41) is 17.7. The molecule has 0 amide bonds. The summed E-state index contributed by atoms with van der Waals surface area (Å²) in [5.74, 6) is 0.922. The average Bonchev–Trinajstić information content (AvgIpc) is 3.48. The van der Waals surface area contributed by atoms with Gasteiger partial charge in [0.2, 0.25) is 0 Å². The Balaban J connectivity index is 1.40. The van der Waals surface area contributed by atoms with Crippen LogP contribution in [0.5, 0.6) is 0 Å². The highest BCUT2D eigenvalue weighted by atomic mass is 79.9. The van der Waals surface area contributed by atoms with Crippen LogP contribution in [0.1, 0.15) is 24.1 Å². The van der Waals surface area contributed by atoms with E-state index in [1.807, 2.05) is 42.4 Å². The van der Waals surface area contributed by atoms with Crippen LogP contribution >= 0.6 is 15.9 Å². The number of aromatic nitrogens is 6. The summed E-state index contributed by atoms with van der Waals surface area (Å²) in [5.41, 5.74) is 3.98. The molecule has 8 nitrogen and oxygen atoms in total. The lowest BCUT2D eigenvalue weighted by Gasteiger charge is -2.26. The average molecular weight is 517 g/mol. The van der Waals surface area contributed by atoms with Gasteiger partial charge in [-0.1, -0.05) is 6.07 Å². The number of anilines is 1. The van der Waals surface area contributed by atoms with Gasteiger partial charge in [-0.15, -0.1) is 0 Å². The Hall–Kier alpha value is -4.10. The Morgan fingerprint density at radius 3 is 2.56 bits per heavy atom. The van der Waals surface area contributed by atoms with Gasteiger partial charge in [0.15, 0.2) is 11.6 Å². The lowest BCUT2D eigenvalue weighted by Crippen LogP contribution is -2.22. The van der Waals surface area contributed by atoms with Crippen LogP contribution in [0, 0.1) is 17.1 Å². The fourth-order valence-electron chi connectivity index (χ4n) is 3.77. The fourth-order valence-corrected chi connectivity index (χ4v) is 4.20. The van der Waals surface area contributed by atoms with Gasteiger partial charge < -0.3 is 4.90 Å². The second-order valence-electron chi connectivity index (χ2n) is 7.78. The van der Waals surface area contributed by atoms with Crippen molar-refractivity contribution in [1.82, 2.24) is 29.4 Å². The van der Waals surface area contributed by atoms with E-state index in [0.717, 1.165) is 38.7 Å². The van der Waals surface area contributed by atoms with Crippen molar-refractivity contribution in [2.75, 3.05) is 11.9 Å². The number of fused-ring (bicyclic) bond motifs is 1. The first-order valence-corrected chi connectivity index (χ1v) is 11.2. The molecule has 10 heteroatoms. The lowest BCUT2D eigenvalue weighted by molar-refractivity contribution is 0.627. The minimum Gasteiger partial charge on any atom is -0.353 e. The first-order valence-electron chi connectivity index (χ1n) is 10.4. The van der Waals surface area contributed by atoms with Gasteiger partial charge in [0.05, 0.1) is 35.7 Å². The standard InChI is InChI=1S/C24H18BrFN8/c1-15(16-3-6-23(29-9-16)33-14-20(26)12-31-33)32(2)22-5-4-17(10-28-22)21-7-19(25)13-34-24(21)18(8-27)11-30-34/h3-7,9-15H,1-2H3. The van der Waals surface area contributed by atoms with Crippen LogP contribution in [-0.4, -0.2) is 36.4 Å². The molecule has 168 valence electrons. The second kappa shape index (κ2) is 8.68. The third-order valence-corrected chi connectivity index (χ3v) is 6.17. The summed E-state index contributed by atoms with van der Waals surface area (Å²) < 4.78 is 17.2. The molecule has 1 unspecified atom stereocenters. The Morgan fingerprint density at radius 1 is 1.06 bits per heavy atom. The predicted octanol–water partition coefficient (Wildman–Crippen LogP) is 4.95. The predicted molar refractivity (Wildman–Crippen MR) is 129 cm³/mol. The Labute approximate surface area is 203 Å². The topological polar surface area (TPSA) is 87.9 Å². The van der Waals surface area contributed by atoms with E-state index in [4.69, 9.17) is 0 Å². The molecule has 0 aliphatic carbocycles. The van der Waals surface area contributed by atoms with Crippen LogP contribution in [0.2, 0.25) is 0 Å². The summed E-state index contributed by atoms with van der Waals surface area (Å²) >= 11 is 3.51. The quantitative estimate of drug-likeness (QED) is 0.328. The Morgan fingerprint density at radius 2 is 1.91 bits per heavy atom. The zero-order chi connectivity index (χ0) is 23.8. The number of hydrogen-bond acceptors (Lipinski definition) is 6. The molecule has 34 heavy (non-hydrogen) atoms. The van der Waals surface area contributed by atoms with Crippen LogP contribution < -0.4 is 4.90 Å². The summed E-state index contributed by atoms with van der Waals surface area (Å²) in [6.07, 6.45) is 9.36. The molecule has 0 radical (unpaired) electrons. The van der Waals surface area contributed by atoms with Gasteiger partial charge in [-0.3, -0.25) is 0 Å². The molecule has 1 atom stereocenters. The Kier molecular flexibility index (Phi) is 5.55. The zero-order valence-electron chi connectivity index (χ0n) is 18.3. The highest BCUT2D eigenvalue weighted by Crippen LogP contribution is 2.31. The van der Waals surface area contributed by atoms with E-state index >= 15 is 0 Å². The van der Waals surface area contributed by atoms with E-state index in [9.17, 15) is 9.65 Å². The van der Waals surface area contributed by atoms with E-state index in [1.165, 1.54) is 10.9 Å². The minimum atomic E-state index is -0.408. The number of halogens is 2. The molecule has 0 fully saturated rings. The molecule has 0 aliphatic rings. The van der Waals surface area contributed by atoms with Gasteiger partial charge >= 0.3 is 0 Å². The van der Waals surface area contributed by atoms with Gasteiger partial charge in [0.25, 0.3) is 0 Å². The first kappa shape index (κ1) is 21.7.